The fourth-order valence-electron chi connectivity index (χ4n) is 1.63. The number of hydrogen-bond donors (Lipinski definition) is 1. The molecule has 0 spiro atoms. The van der Waals surface area contributed by atoms with E-state index in [1.54, 1.807) is 0 Å². The Kier molecular flexibility index (Phi) is 4.16. The van der Waals surface area contributed by atoms with Crippen LogP contribution in [0.5, 0.6) is 0 Å². The molecule has 0 aliphatic rings. The van der Waals surface area contributed by atoms with E-state index in [1.165, 1.54) is 11.1 Å². The van der Waals surface area contributed by atoms with Gasteiger partial charge in [-0.25, -0.2) is 0 Å². The molecule has 0 aliphatic carbocycles. The highest BCUT2D eigenvalue weighted by Gasteiger charge is 2.15. The molecule has 0 aromatic heterocycles. The minimum atomic E-state index is -0.429. The Labute approximate surface area is 103 Å². The van der Waals surface area contributed by atoms with Gasteiger partial charge in [0.1, 0.15) is 12.1 Å². The summed E-state index contributed by atoms with van der Waals surface area (Å²) in [4.78, 5) is 11.5. The van der Waals surface area contributed by atoms with Crippen LogP contribution in [0.2, 0.25) is 0 Å². The largest absolute Gasteiger partial charge is 0.459 e. The molecule has 3 nitrogen and oxygen atoms in total. The Morgan fingerprint density at radius 3 is 2.18 bits per heavy atom. The van der Waals surface area contributed by atoms with Crippen molar-refractivity contribution in [1.82, 2.24) is 0 Å². The summed E-state index contributed by atoms with van der Waals surface area (Å²) in [6.07, 6.45) is 0. The number of hydrogen-bond acceptors (Lipinski definition) is 3. The minimum Gasteiger partial charge on any atom is -0.459 e. The van der Waals surface area contributed by atoms with E-state index in [9.17, 15) is 4.79 Å². The van der Waals surface area contributed by atoms with Crippen molar-refractivity contribution >= 4 is 11.7 Å². The lowest BCUT2D eigenvalue weighted by molar-refractivity contribution is -0.152. The topological polar surface area (TPSA) is 38.3 Å². The van der Waals surface area contributed by atoms with Crippen molar-refractivity contribution < 1.29 is 9.53 Å². The van der Waals surface area contributed by atoms with Gasteiger partial charge in [0.05, 0.1) is 0 Å². The summed E-state index contributed by atoms with van der Waals surface area (Å²) in [5, 5.41) is 3.07. The van der Waals surface area contributed by atoms with Crippen LogP contribution in [0.1, 0.15) is 31.9 Å². The van der Waals surface area contributed by atoms with Gasteiger partial charge in [0.2, 0.25) is 0 Å². The molecule has 94 valence electrons. The van der Waals surface area contributed by atoms with Gasteiger partial charge >= 0.3 is 5.97 Å². The van der Waals surface area contributed by atoms with Gasteiger partial charge in [-0.15, -0.1) is 0 Å². The van der Waals surface area contributed by atoms with Crippen molar-refractivity contribution in [2.45, 2.75) is 40.2 Å². The zero-order valence-corrected chi connectivity index (χ0v) is 11.3. The first-order chi connectivity index (χ1) is 7.76. The van der Waals surface area contributed by atoms with Crippen molar-refractivity contribution in [3.63, 3.8) is 0 Å². The number of anilines is 1. The molecule has 0 bridgehead atoms. The van der Waals surface area contributed by atoms with Crippen LogP contribution in [0.4, 0.5) is 5.69 Å². The normalized spacial score (nSPS) is 11.1. The summed E-state index contributed by atoms with van der Waals surface area (Å²) in [6.45, 7) is 9.85. The number of esters is 1. The van der Waals surface area contributed by atoms with E-state index < -0.39 is 5.60 Å². The lowest BCUT2D eigenvalue weighted by atomic mass is 10.1. The van der Waals surface area contributed by atoms with E-state index in [0.29, 0.717) is 0 Å². The van der Waals surface area contributed by atoms with Gasteiger partial charge < -0.3 is 10.1 Å². The van der Waals surface area contributed by atoms with Crippen LogP contribution in [-0.2, 0) is 9.53 Å². The predicted molar refractivity (Wildman–Crippen MR) is 70.3 cm³/mol. The zero-order chi connectivity index (χ0) is 13.1. The van der Waals surface area contributed by atoms with Crippen molar-refractivity contribution in [2.24, 2.45) is 0 Å². The van der Waals surface area contributed by atoms with Crippen LogP contribution >= 0.6 is 0 Å². The Bertz CT molecular complexity index is 385. The minimum absolute atomic E-state index is 0.195. The number of nitrogens with one attached hydrogen (secondary N) is 1. The highest BCUT2D eigenvalue weighted by atomic mass is 16.6. The lowest BCUT2D eigenvalue weighted by Crippen LogP contribution is -2.28. The predicted octanol–water partition coefficient (Wildman–Crippen LogP) is 3.06. The smallest absolute Gasteiger partial charge is 0.325 e. The average Bonchev–Trinajstić information content (AvgIpc) is 2.10. The third kappa shape index (κ3) is 5.38. The summed E-state index contributed by atoms with van der Waals surface area (Å²) >= 11 is 0. The monoisotopic (exact) mass is 235 g/mol. The Morgan fingerprint density at radius 2 is 1.71 bits per heavy atom. The van der Waals surface area contributed by atoms with Crippen molar-refractivity contribution in [3.05, 3.63) is 29.3 Å². The number of carbonyl (C=O) groups excluding carboxylic acids is 1. The van der Waals surface area contributed by atoms with Crippen molar-refractivity contribution in [1.29, 1.82) is 0 Å². The van der Waals surface area contributed by atoms with Gasteiger partial charge in [-0.3, -0.25) is 4.79 Å². The van der Waals surface area contributed by atoms with E-state index in [2.05, 4.69) is 11.4 Å². The quantitative estimate of drug-likeness (QED) is 0.818. The zero-order valence-electron chi connectivity index (χ0n) is 11.3. The van der Waals surface area contributed by atoms with Crippen molar-refractivity contribution in [3.8, 4) is 0 Å². The van der Waals surface area contributed by atoms with Crippen LogP contribution in [0.3, 0.4) is 0 Å². The molecule has 3 heteroatoms. The second kappa shape index (κ2) is 5.21. The van der Waals surface area contributed by atoms with Gasteiger partial charge in [-0.1, -0.05) is 6.07 Å². The standard InChI is InChI=1S/C14H21NO2/c1-10-6-11(2)8-12(7-10)15-9-13(16)17-14(3,4)5/h6-8,15H,9H2,1-5H3. The van der Waals surface area contributed by atoms with E-state index in [0.717, 1.165) is 5.69 Å². The van der Waals surface area contributed by atoms with Gasteiger partial charge in [-0.05, 0) is 57.9 Å². The first-order valence-electron chi connectivity index (χ1n) is 5.80. The van der Waals surface area contributed by atoms with Crippen LogP contribution in [-0.4, -0.2) is 18.1 Å². The second-order valence-electron chi connectivity index (χ2n) is 5.32. The van der Waals surface area contributed by atoms with E-state index in [4.69, 9.17) is 4.74 Å². The third-order valence-corrected chi connectivity index (χ3v) is 2.08. The Morgan fingerprint density at radius 1 is 1.18 bits per heavy atom. The van der Waals surface area contributed by atoms with E-state index in [-0.39, 0.29) is 12.5 Å². The lowest BCUT2D eigenvalue weighted by Gasteiger charge is -2.19. The van der Waals surface area contributed by atoms with Gasteiger partial charge in [0.25, 0.3) is 0 Å². The molecule has 0 atom stereocenters. The molecule has 0 unspecified atom stereocenters. The molecule has 0 fully saturated rings. The highest BCUT2D eigenvalue weighted by Crippen LogP contribution is 2.14. The fourth-order valence-corrected chi connectivity index (χ4v) is 1.63. The molecule has 1 aromatic rings. The van der Waals surface area contributed by atoms with Crippen LogP contribution in [0.25, 0.3) is 0 Å². The number of carbonyl (C=O) groups is 1. The van der Waals surface area contributed by atoms with Gasteiger partial charge in [-0.2, -0.15) is 0 Å². The summed E-state index contributed by atoms with van der Waals surface area (Å²) in [5.74, 6) is -0.239. The molecular weight excluding hydrogens is 214 g/mol. The van der Waals surface area contributed by atoms with Crippen molar-refractivity contribution in [2.75, 3.05) is 11.9 Å². The molecular formula is C14H21NO2. The Balaban J connectivity index is 2.53. The summed E-state index contributed by atoms with van der Waals surface area (Å²) in [7, 11) is 0. The molecule has 0 heterocycles. The number of aryl methyl sites for hydroxylation is 2. The summed E-state index contributed by atoms with van der Waals surface area (Å²) in [6, 6.07) is 6.12. The molecule has 0 saturated heterocycles. The maximum atomic E-state index is 11.5. The van der Waals surface area contributed by atoms with E-state index in [1.807, 2.05) is 46.8 Å². The molecule has 1 aromatic carbocycles. The Hall–Kier alpha value is -1.51. The second-order valence-corrected chi connectivity index (χ2v) is 5.32. The highest BCUT2D eigenvalue weighted by molar-refractivity contribution is 5.75. The maximum absolute atomic E-state index is 11.5. The molecule has 0 amide bonds. The van der Waals surface area contributed by atoms with Crippen LogP contribution in [0, 0.1) is 13.8 Å². The number of benzene rings is 1. The van der Waals surface area contributed by atoms with Crippen LogP contribution in [0.15, 0.2) is 18.2 Å². The maximum Gasteiger partial charge on any atom is 0.325 e. The molecule has 0 saturated carbocycles. The molecule has 0 aliphatic heterocycles. The van der Waals surface area contributed by atoms with E-state index >= 15 is 0 Å². The first kappa shape index (κ1) is 13.6. The average molecular weight is 235 g/mol. The van der Waals surface area contributed by atoms with Crippen LogP contribution < -0.4 is 5.32 Å². The summed E-state index contributed by atoms with van der Waals surface area (Å²) in [5.41, 5.74) is 2.88. The molecule has 17 heavy (non-hydrogen) atoms. The SMILES string of the molecule is Cc1cc(C)cc(NCC(=O)OC(C)(C)C)c1. The van der Waals surface area contributed by atoms with Gasteiger partial charge in [0.15, 0.2) is 0 Å². The number of rotatable bonds is 3. The fraction of sp³-hybridized carbons (Fsp3) is 0.500. The first-order valence-corrected chi connectivity index (χ1v) is 5.80. The molecule has 1 rings (SSSR count). The summed E-state index contributed by atoms with van der Waals surface area (Å²) < 4.78 is 5.22. The third-order valence-electron chi connectivity index (χ3n) is 2.08. The molecule has 0 radical (unpaired) electrons. The van der Waals surface area contributed by atoms with Gasteiger partial charge in [0, 0.05) is 5.69 Å². The number of ether oxygens (including phenoxy) is 1. The molecule has 1 N–H and O–H groups in total.